The molecule has 1 N–H and O–H groups in total. The molecule has 1 aliphatic heterocycles. The first kappa shape index (κ1) is 21.3. The van der Waals surface area contributed by atoms with Crippen molar-refractivity contribution in [2.45, 2.75) is 52.5 Å². The summed E-state index contributed by atoms with van der Waals surface area (Å²) >= 11 is 0. The fourth-order valence-electron chi connectivity index (χ4n) is 3.65. The van der Waals surface area contributed by atoms with Gasteiger partial charge in [0, 0.05) is 18.2 Å². The monoisotopic (exact) mass is 416 g/mol. The van der Waals surface area contributed by atoms with E-state index in [1.54, 1.807) is 18.2 Å². The average molecular weight is 417 g/mol. The summed E-state index contributed by atoms with van der Waals surface area (Å²) in [5.74, 6) is -0.183. The number of hydrogen-bond acceptors (Lipinski definition) is 4. The van der Waals surface area contributed by atoms with Gasteiger partial charge in [0.25, 0.3) is 5.91 Å². The molecule has 0 aliphatic carbocycles. The van der Waals surface area contributed by atoms with E-state index in [1.165, 1.54) is 10.6 Å². The lowest BCUT2D eigenvalue weighted by molar-refractivity contribution is 0.0651. The highest BCUT2D eigenvalue weighted by molar-refractivity contribution is 7.92. The molecule has 0 saturated carbocycles. The Morgan fingerprint density at radius 3 is 2.55 bits per heavy atom. The molecule has 0 radical (unpaired) electrons. The molecule has 2 aromatic rings. The van der Waals surface area contributed by atoms with Gasteiger partial charge < -0.3 is 10.1 Å². The van der Waals surface area contributed by atoms with Crippen LogP contribution in [0.15, 0.2) is 42.5 Å². The molecule has 0 saturated heterocycles. The Kier molecular flexibility index (Phi) is 6.29. The van der Waals surface area contributed by atoms with Crippen molar-refractivity contribution in [2.75, 3.05) is 10.6 Å². The van der Waals surface area contributed by atoms with Crippen molar-refractivity contribution in [1.29, 1.82) is 0 Å². The fourth-order valence-corrected chi connectivity index (χ4v) is 4.92. The molecule has 1 unspecified atom stereocenters. The Balaban J connectivity index is 1.71. The quantitative estimate of drug-likeness (QED) is 0.752. The second-order valence-corrected chi connectivity index (χ2v) is 9.63. The third kappa shape index (κ3) is 4.97. The average Bonchev–Trinajstić information content (AvgIpc) is 3.00. The zero-order valence-corrected chi connectivity index (χ0v) is 18.1. The van der Waals surface area contributed by atoms with Crippen LogP contribution in [0.25, 0.3) is 0 Å². The Bertz CT molecular complexity index is 1000. The number of nitrogens with one attached hydrogen (secondary N) is 1. The van der Waals surface area contributed by atoms with Crippen LogP contribution < -0.4 is 9.62 Å². The standard InChI is InChI=1S/C22H28N2O4S/c1-15(2)28-14-19-8-6-5-7-18(19)13-23-22(25)17-9-10-21-20(12-17)11-16(3)24(21)29(4,26)27/h5-10,12,15-16H,11,13-14H2,1-4H3,(H,23,25). The molecular weight excluding hydrogens is 388 g/mol. The molecule has 1 heterocycles. The number of fused-ring (bicyclic) bond motifs is 1. The van der Waals surface area contributed by atoms with Gasteiger partial charge in [0.1, 0.15) is 0 Å². The Labute approximate surface area is 172 Å². The summed E-state index contributed by atoms with van der Waals surface area (Å²) in [6.45, 7) is 6.76. The molecule has 1 amide bonds. The number of carbonyl (C=O) groups is 1. The molecule has 6 nitrogen and oxygen atoms in total. The van der Waals surface area contributed by atoms with E-state index >= 15 is 0 Å². The first-order valence-corrected chi connectivity index (χ1v) is 11.6. The Morgan fingerprint density at radius 1 is 1.21 bits per heavy atom. The van der Waals surface area contributed by atoms with Crippen LogP contribution in [-0.2, 0) is 34.3 Å². The summed E-state index contributed by atoms with van der Waals surface area (Å²) in [6, 6.07) is 12.9. The SMILES string of the molecule is CC(C)OCc1ccccc1CNC(=O)c1ccc2c(c1)CC(C)N2S(C)(=O)=O. The van der Waals surface area contributed by atoms with Crippen molar-refractivity contribution in [1.82, 2.24) is 5.32 Å². The fraction of sp³-hybridized carbons (Fsp3) is 0.409. The number of rotatable bonds is 7. The van der Waals surface area contributed by atoms with E-state index in [0.717, 1.165) is 16.7 Å². The second-order valence-electron chi connectivity index (χ2n) is 7.77. The maximum Gasteiger partial charge on any atom is 0.251 e. The molecule has 0 bridgehead atoms. The number of anilines is 1. The van der Waals surface area contributed by atoms with Crippen LogP contribution in [0.3, 0.4) is 0 Å². The summed E-state index contributed by atoms with van der Waals surface area (Å²) in [5.41, 5.74) is 4.13. The highest BCUT2D eigenvalue weighted by Crippen LogP contribution is 2.34. The van der Waals surface area contributed by atoms with Gasteiger partial charge in [-0.25, -0.2) is 8.42 Å². The lowest BCUT2D eigenvalue weighted by Gasteiger charge is -2.21. The normalized spacial score (nSPS) is 16.2. The lowest BCUT2D eigenvalue weighted by atomic mass is 10.1. The number of amides is 1. The van der Waals surface area contributed by atoms with Gasteiger partial charge in [0.15, 0.2) is 0 Å². The Hall–Kier alpha value is -2.38. The number of carbonyl (C=O) groups excluding carboxylic acids is 1. The highest BCUT2D eigenvalue weighted by atomic mass is 32.2. The molecule has 2 aromatic carbocycles. The molecule has 0 aromatic heterocycles. The second kappa shape index (κ2) is 8.55. The van der Waals surface area contributed by atoms with Gasteiger partial charge in [0.05, 0.1) is 24.7 Å². The zero-order valence-electron chi connectivity index (χ0n) is 17.3. The van der Waals surface area contributed by atoms with E-state index < -0.39 is 10.0 Å². The van der Waals surface area contributed by atoms with Crippen LogP contribution in [-0.4, -0.2) is 32.7 Å². The first-order valence-electron chi connectivity index (χ1n) is 9.75. The molecule has 29 heavy (non-hydrogen) atoms. The van der Waals surface area contributed by atoms with Gasteiger partial charge in [-0.3, -0.25) is 9.10 Å². The van der Waals surface area contributed by atoms with E-state index in [0.29, 0.717) is 30.8 Å². The van der Waals surface area contributed by atoms with Crippen molar-refractivity contribution in [3.63, 3.8) is 0 Å². The predicted molar refractivity (Wildman–Crippen MR) is 114 cm³/mol. The van der Waals surface area contributed by atoms with Gasteiger partial charge in [0.2, 0.25) is 10.0 Å². The van der Waals surface area contributed by atoms with Crippen LogP contribution in [0.2, 0.25) is 0 Å². The van der Waals surface area contributed by atoms with Gasteiger partial charge in [-0.15, -0.1) is 0 Å². The highest BCUT2D eigenvalue weighted by Gasteiger charge is 2.32. The summed E-state index contributed by atoms with van der Waals surface area (Å²) in [5, 5.41) is 2.96. The van der Waals surface area contributed by atoms with Gasteiger partial charge in [-0.1, -0.05) is 24.3 Å². The van der Waals surface area contributed by atoms with Gasteiger partial charge in [-0.2, -0.15) is 0 Å². The molecule has 0 spiro atoms. The smallest absolute Gasteiger partial charge is 0.251 e. The minimum Gasteiger partial charge on any atom is -0.374 e. The molecule has 0 fully saturated rings. The zero-order chi connectivity index (χ0) is 21.2. The molecular formula is C22H28N2O4S. The van der Waals surface area contributed by atoms with E-state index in [2.05, 4.69) is 5.32 Å². The number of sulfonamides is 1. The number of hydrogen-bond donors (Lipinski definition) is 1. The van der Waals surface area contributed by atoms with E-state index in [9.17, 15) is 13.2 Å². The van der Waals surface area contributed by atoms with Gasteiger partial charge >= 0.3 is 0 Å². The van der Waals surface area contributed by atoms with Gasteiger partial charge in [-0.05, 0) is 62.1 Å². The van der Waals surface area contributed by atoms with Crippen LogP contribution in [0, 0.1) is 0 Å². The third-order valence-electron chi connectivity index (χ3n) is 4.98. The Morgan fingerprint density at radius 2 is 1.90 bits per heavy atom. The van der Waals surface area contributed by atoms with Crippen LogP contribution in [0.4, 0.5) is 5.69 Å². The van der Waals surface area contributed by atoms with Crippen molar-refractivity contribution >= 4 is 21.6 Å². The number of nitrogens with zero attached hydrogens (tertiary/aromatic N) is 1. The molecule has 156 valence electrons. The van der Waals surface area contributed by atoms with Crippen molar-refractivity contribution in [3.8, 4) is 0 Å². The number of ether oxygens (including phenoxy) is 1. The maximum absolute atomic E-state index is 12.7. The predicted octanol–water partition coefficient (Wildman–Crippen LogP) is 3.25. The first-order chi connectivity index (χ1) is 13.7. The summed E-state index contributed by atoms with van der Waals surface area (Å²) in [4.78, 5) is 12.7. The maximum atomic E-state index is 12.7. The van der Waals surface area contributed by atoms with Crippen LogP contribution >= 0.6 is 0 Å². The molecule has 1 aliphatic rings. The minimum absolute atomic E-state index is 0.137. The summed E-state index contributed by atoms with van der Waals surface area (Å²) < 4.78 is 31.2. The third-order valence-corrected chi connectivity index (χ3v) is 6.25. The topological polar surface area (TPSA) is 75.7 Å². The van der Waals surface area contributed by atoms with Crippen LogP contribution in [0.1, 0.15) is 47.8 Å². The lowest BCUT2D eigenvalue weighted by Crippen LogP contribution is -2.34. The molecule has 1 atom stereocenters. The number of benzene rings is 2. The largest absolute Gasteiger partial charge is 0.374 e. The van der Waals surface area contributed by atoms with Crippen molar-refractivity contribution in [3.05, 3.63) is 64.7 Å². The minimum atomic E-state index is -3.34. The molecule has 7 heteroatoms. The van der Waals surface area contributed by atoms with Crippen molar-refractivity contribution in [2.24, 2.45) is 0 Å². The van der Waals surface area contributed by atoms with Crippen molar-refractivity contribution < 1.29 is 17.9 Å². The van der Waals surface area contributed by atoms with E-state index in [-0.39, 0.29) is 18.1 Å². The molecule has 3 rings (SSSR count). The summed E-state index contributed by atoms with van der Waals surface area (Å²) in [7, 11) is -3.34. The van der Waals surface area contributed by atoms with E-state index in [4.69, 9.17) is 4.74 Å². The van der Waals surface area contributed by atoms with E-state index in [1.807, 2.05) is 45.0 Å². The summed E-state index contributed by atoms with van der Waals surface area (Å²) in [6.07, 6.45) is 1.94. The van der Waals surface area contributed by atoms with Crippen LogP contribution in [0.5, 0.6) is 0 Å².